The van der Waals surface area contributed by atoms with Gasteiger partial charge >= 0.3 is 0 Å². The topological polar surface area (TPSA) is 67.4 Å². The number of hydrogen-bond donors (Lipinski definition) is 2. The maximum absolute atomic E-state index is 12.1. The Balaban J connectivity index is 2.80. The molecule has 6 heteroatoms. The van der Waals surface area contributed by atoms with Crippen LogP contribution in [0.3, 0.4) is 0 Å². The van der Waals surface area contributed by atoms with Crippen molar-refractivity contribution in [2.24, 2.45) is 0 Å². The van der Waals surface area contributed by atoms with Gasteiger partial charge in [0.1, 0.15) is 4.90 Å². The van der Waals surface area contributed by atoms with E-state index in [0.29, 0.717) is 12.3 Å². The molecule has 1 unspecified atom stereocenters. The second-order valence-electron chi connectivity index (χ2n) is 3.86. The number of rotatable bonds is 7. The highest BCUT2D eigenvalue weighted by Crippen LogP contribution is 2.19. The van der Waals surface area contributed by atoms with Gasteiger partial charge in [-0.05, 0) is 26.0 Å². The van der Waals surface area contributed by atoms with E-state index in [1.54, 1.807) is 31.3 Å². The predicted molar refractivity (Wildman–Crippen MR) is 72.3 cm³/mol. The molecule has 0 amide bonds. The van der Waals surface area contributed by atoms with Gasteiger partial charge in [0.15, 0.2) is 0 Å². The fraction of sp³-hybridized carbons (Fsp3) is 0.500. The number of ether oxygens (including phenoxy) is 1. The molecule has 0 heterocycles. The van der Waals surface area contributed by atoms with E-state index >= 15 is 0 Å². The van der Waals surface area contributed by atoms with Gasteiger partial charge < -0.3 is 10.1 Å². The van der Waals surface area contributed by atoms with E-state index in [1.807, 2.05) is 13.8 Å². The van der Waals surface area contributed by atoms with E-state index in [2.05, 4.69) is 10.0 Å². The zero-order chi connectivity index (χ0) is 13.6. The molecule has 0 fully saturated rings. The second-order valence-corrected chi connectivity index (χ2v) is 5.60. The van der Waals surface area contributed by atoms with Gasteiger partial charge in [0.25, 0.3) is 0 Å². The first kappa shape index (κ1) is 14.9. The van der Waals surface area contributed by atoms with Crippen molar-refractivity contribution in [3.05, 3.63) is 24.3 Å². The van der Waals surface area contributed by atoms with Crippen LogP contribution in [0, 0.1) is 0 Å². The Bertz CT molecular complexity index is 474. The first-order chi connectivity index (χ1) is 8.51. The summed E-state index contributed by atoms with van der Waals surface area (Å²) in [7, 11) is -1.82. The predicted octanol–water partition coefficient (Wildman–Crippen LogP) is 1.43. The van der Waals surface area contributed by atoms with Crippen molar-refractivity contribution in [2.75, 3.05) is 25.5 Å². The molecule has 0 aliphatic rings. The zero-order valence-corrected chi connectivity index (χ0v) is 11.8. The van der Waals surface area contributed by atoms with E-state index in [0.717, 1.165) is 0 Å². The number of benzene rings is 1. The Labute approximate surface area is 109 Å². The molecule has 102 valence electrons. The maximum Gasteiger partial charge on any atom is 0.242 e. The Morgan fingerprint density at radius 2 is 2.00 bits per heavy atom. The molecule has 1 aromatic carbocycles. The lowest BCUT2D eigenvalue weighted by atomic mass is 10.3. The Kier molecular flexibility index (Phi) is 5.58. The molecule has 1 aromatic rings. The van der Waals surface area contributed by atoms with Crippen LogP contribution in [0.15, 0.2) is 29.2 Å². The summed E-state index contributed by atoms with van der Waals surface area (Å²) >= 11 is 0. The second kappa shape index (κ2) is 6.72. The van der Waals surface area contributed by atoms with Crippen LogP contribution >= 0.6 is 0 Å². The molecule has 0 spiro atoms. The van der Waals surface area contributed by atoms with Crippen molar-refractivity contribution in [3.63, 3.8) is 0 Å². The van der Waals surface area contributed by atoms with Crippen molar-refractivity contribution in [1.29, 1.82) is 0 Å². The molecule has 0 aliphatic carbocycles. The standard InChI is InChI=1S/C12H20N2O3S/c1-4-17-10(2)9-14-18(15,16)12-8-6-5-7-11(12)13-3/h5-8,10,13-14H,4,9H2,1-3H3. The quantitative estimate of drug-likeness (QED) is 0.788. The van der Waals surface area contributed by atoms with Gasteiger partial charge in [0.05, 0.1) is 11.8 Å². The van der Waals surface area contributed by atoms with E-state index < -0.39 is 10.0 Å². The summed E-state index contributed by atoms with van der Waals surface area (Å²) in [5, 5.41) is 2.86. The fourth-order valence-corrected chi connectivity index (χ4v) is 2.88. The highest BCUT2D eigenvalue weighted by atomic mass is 32.2. The molecule has 18 heavy (non-hydrogen) atoms. The Morgan fingerprint density at radius 1 is 1.33 bits per heavy atom. The lowest BCUT2D eigenvalue weighted by Crippen LogP contribution is -2.32. The van der Waals surface area contributed by atoms with Gasteiger partial charge in [-0.1, -0.05) is 12.1 Å². The maximum atomic E-state index is 12.1. The summed E-state index contributed by atoms with van der Waals surface area (Å²) in [5.74, 6) is 0. The van der Waals surface area contributed by atoms with Crippen molar-refractivity contribution >= 4 is 15.7 Å². The summed E-state index contributed by atoms with van der Waals surface area (Å²) in [6, 6.07) is 6.77. The van der Waals surface area contributed by atoms with Crippen molar-refractivity contribution < 1.29 is 13.2 Å². The van der Waals surface area contributed by atoms with Crippen molar-refractivity contribution in [3.8, 4) is 0 Å². The molecule has 0 aromatic heterocycles. The number of para-hydroxylation sites is 1. The Morgan fingerprint density at radius 3 is 2.61 bits per heavy atom. The third-order valence-electron chi connectivity index (χ3n) is 2.46. The monoisotopic (exact) mass is 272 g/mol. The highest BCUT2D eigenvalue weighted by Gasteiger charge is 2.18. The molecule has 0 aliphatic heterocycles. The summed E-state index contributed by atoms with van der Waals surface area (Å²) in [4.78, 5) is 0.246. The van der Waals surface area contributed by atoms with Gasteiger partial charge in [-0.15, -0.1) is 0 Å². The molecule has 0 saturated heterocycles. The van der Waals surface area contributed by atoms with Gasteiger partial charge in [-0.25, -0.2) is 13.1 Å². The van der Waals surface area contributed by atoms with Gasteiger partial charge in [-0.2, -0.15) is 0 Å². The number of nitrogens with one attached hydrogen (secondary N) is 2. The summed E-state index contributed by atoms with van der Waals surface area (Å²) < 4.78 is 32.1. The number of sulfonamides is 1. The van der Waals surface area contributed by atoms with Crippen LogP contribution in [-0.4, -0.2) is 34.7 Å². The van der Waals surface area contributed by atoms with Gasteiger partial charge in [0.2, 0.25) is 10.0 Å². The van der Waals surface area contributed by atoms with E-state index in [9.17, 15) is 8.42 Å². The smallest absolute Gasteiger partial charge is 0.242 e. The minimum atomic E-state index is -3.51. The molecular formula is C12H20N2O3S. The molecule has 0 saturated carbocycles. The third-order valence-corrected chi connectivity index (χ3v) is 3.94. The van der Waals surface area contributed by atoms with Crippen LogP contribution in [-0.2, 0) is 14.8 Å². The fourth-order valence-electron chi connectivity index (χ4n) is 1.56. The van der Waals surface area contributed by atoms with E-state index in [1.165, 1.54) is 0 Å². The minimum absolute atomic E-state index is 0.147. The molecule has 1 rings (SSSR count). The number of anilines is 1. The first-order valence-corrected chi connectivity index (χ1v) is 7.37. The van der Waals surface area contributed by atoms with Crippen LogP contribution in [0.25, 0.3) is 0 Å². The van der Waals surface area contributed by atoms with Crippen molar-refractivity contribution in [2.45, 2.75) is 24.8 Å². The lowest BCUT2D eigenvalue weighted by molar-refractivity contribution is 0.0799. The largest absolute Gasteiger partial charge is 0.387 e. The van der Waals surface area contributed by atoms with Gasteiger partial charge in [0, 0.05) is 20.2 Å². The van der Waals surface area contributed by atoms with E-state index in [-0.39, 0.29) is 17.5 Å². The first-order valence-electron chi connectivity index (χ1n) is 5.89. The molecule has 2 N–H and O–H groups in total. The van der Waals surface area contributed by atoms with Crippen molar-refractivity contribution in [1.82, 2.24) is 4.72 Å². The lowest BCUT2D eigenvalue weighted by Gasteiger charge is -2.14. The molecule has 0 bridgehead atoms. The van der Waals surface area contributed by atoms with Gasteiger partial charge in [-0.3, -0.25) is 0 Å². The molecule has 1 atom stereocenters. The zero-order valence-electron chi connectivity index (χ0n) is 10.9. The average molecular weight is 272 g/mol. The third kappa shape index (κ3) is 3.97. The Hall–Kier alpha value is -1.11. The molecule has 5 nitrogen and oxygen atoms in total. The molecular weight excluding hydrogens is 252 g/mol. The normalized spacial score (nSPS) is 13.3. The van der Waals surface area contributed by atoms with Crippen LogP contribution in [0.4, 0.5) is 5.69 Å². The molecule has 0 radical (unpaired) electrons. The van der Waals surface area contributed by atoms with Crippen LogP contribution in [0.5, 0.6) is 0 Å². The highest BCUT2D eigenvalue weighted by molar-refractivity contribution is 7.89. The summed E-state index contributed by atoms with van der Waals surface area (Å²) in [5.41, 5.74) is 0.578. The van der Waals surface area contributed by atoms with Crippen LogP contribution in [0.1, 0.15) is 13.8 Å². The summed E-state index contributed by atoms with van der Waals surface area (Å²) in [6.07, 6.45) is -0.147. The average Bonchev–Trinajstić information content (AvgIpc) is 2.37. The van der Waals surface area contributed by atoms with E-state index in [4.69, 9.17) is 4.74 Å². The summed E-state index contributed by atoms with van der Waals surface area (Å²) in [6.45, 7) is 4.53. The van der Waals surface area contributed by atoms with Crippen LogP contribution < -0.4 is 10.0 Å². The van der Waals surface area contributed by atoms with Crippen LogP contribution in [0.2, 0.25) is 0 Å². The minimum Gasteiger partial charge on any atom is -0.387 e. The number of hydrogen-bond acceptors (Lipinski definition) is 4. The SMILES string of the molecule is CCOC(C)CNS(=O)(=O)c1ccccc1NC.